The molecule has 4 aromatic rings. The Morgan fingerprint density at radius 1 is 0.975 bits per heavy atom. The summed E-state index contributed by atoms with van der Waals surface area (Å²) in [7, 11) is 0. The fraction of sp³-hybridized carbons (Fsp3) is 0.200. The van der Waals surface area contributed by atoms with Crippen molar-refractivity contribution < 1.29 is 32.6 Å². The first-order valence-electron chi connectivity index (χ1n) is 12.3. The minimum Gasteiger partial charge on any atom is -0.480 e. The predicted octanol–water partition coefficient (Wildman–Crippen LogP) is 7.20. The van der Waals surface area contributed by atoms with Gasteiger partial charge in [-0.3, -0.25) is 4.79 Å². The van der Waals surface area contributed by atoms with Crippen LogP contribution in [0.4, 0.5) is 8.78 Å². The van der Waals surface area contributed by atoms with Gasteiger partial charge >= 0.3 is 5.97 Å². The van der Waals surface area contributed by atoms with Gasteiger partial charge in [0, 0.05) is 16.7 Å². The predicted molar refractivity (Wildman–Crippen MR) is 151 cm³/mol. The van der Waals surface area contributed by atoms with Gasteiger partial charge in [0.1, 0.15) is 35.8 Å². The lowest BCUT2D eigenvalue weighted by atomic mass is 9.96. The minimum absolute atomic E-state index is 0.105. The number of hydrogen-bond donors (Lipinski definition) is 2. The Morgan fingerprint density at radius 3 is 2.42 bits per heavy atom. The lowest BCUT2D eigenvalue weighted by molar-refractivity contribution is -0.139. The van der Waals surface area contributed by atoms with Gasteiger partial charge in [-0.2, -0.15) is 11.8 Å². The fourth-order valence-corrected chi connectivity index (χ4v) is 4.77. The van der Waals surface area contributed by atoms with E-state index in [2.05, 4.69) is 5.32 Å². The van der Waals surface area contributed by atoms with E-state index in [9.17, 15) is 23.5 Å². The molecular weight excluding hydrogens is 560 g/mol. The molecular formula is C30H26ClF2NO5S. The Morgan fingerprint density at radius 2 is 1.73 bits per heavy atom. The van der Waals surface area contributed by atoms with Gasteiger partial charge in [-0.05, 0) is 96.3 Å². The van der Waals surface area contributed by atoms with Crippen LogP contribution >= 0.6 is 23.4 Å². The highest BCUT2D eigenvalue weighted by atomic mass is 35.5. The second-order valence-corrected chi connectivity index (χ2v) is 10.3. The summed E-state index contributed by atoms with van der Waals surface area (Å²) in [5, 5.41) is 12.2. The monoisotopic (exact) mass is 585 g/mol. The molecule has 2 N–H and O–H groups in total. The van der Waals surface area contributed by atoms with Crippen LogP contribution in [-0.2, 0) is 22.7 Å². The number of rotatable bonds is 12. The van der Waals surface area contributed by atoms with Crippen molar-refractivity contribution in [1.29, 1.82) is 0 Å². The molecule has 0 saturated heterocycles. The van der Waals surface area contributed by atoms with Gasteiger partial charge in [0.25, 0.3) is 5.91 Å². The second-order valence-electron chi connectivity index (χ2n) is 8.92. The number of carboxylic acids is 1. The number of halogens is 3. The van der Waals surface area contributed by atoms with Crippen LogP contribution in [0.2, 0.25) is 5.02 Å². The summed E-state index contributed by atoms with van der Waals surface area (Å²) in [4.78, 5) is 24.9. The van der Waals surface area contributed by atoms with Crippen LogP contribution in [0.5, 0.6) is 0 Å². The average Bonchev–Trinajstić information content (AvgIpc) is 3.40. The Kier molecular flexibility index (Phi) is 9.98. The van der Waals surface area contributed by atoms with Crippen LogP contribution in [0.15, 0.2) is 77.2 Å². The maximum absolute atomic E-state index is 13.8. The van der Waals surface area contributed by atoms with Gasteiger partial charge in [0.15, 0.2) is 0 Å². The molecule has 0 spiro atoms. The molecule has 0 unspecified atom stereocenters. The van der Waals surface area contributed by atoms with Crippen molar-refractivity contribution in [2.75, 3.05) is 12.0 Å². The third kappa shape index (κ3) is 7.50. The molecule has 1 amide bonds. The Balaban J connectivity index is 1.52. The molecule has 0 bridgehead atoms. The number of carboxylic acid groups (broad SMARTS) is 1. The van der Waals surface area contributed by atoms with E-state index in [4.69, 9.17) is 20.8 Å². The first-order chi connectivity index (χ1) is 19.2. The molecule has 1 aromatic heterocycles. The maximum Gasteiger partial charge on any atom is 0.326 e. The fourth-order valence-electron chi connectivity index (χ4n) is 4.03. The number of carbonyl (C=O) groups excluding carboxylic acids is 1. The molecule has 0 saturated carbocycles. The summed E-state index contributed by atoms with van der Waals surface area (Å²) in [6.45, 7) is 0.317. The van der Waals surface area contributed by atoms with Crippen LogP contribution < -0.4 is 5.32 Å². The van der Waals surface area contributed by atoms with E-state index >= 15 is 0 Å². The van der Waals surface area contributed by atoms with Crippen molar-refractivity contribution in [3.63, 3.8) is 0 Å². The number of thioether (sulfide) groups is 1. The molecule has 1 heterocycles. The molecule has 10 heteroatoms. The third-order valence-electron chi connectivity index (χ3n) is 6.07. The zero-order valence-electron chi connectivity index (χ0n) is 21.5. The molecule has 4 rings (SSSR count). The van der Waals surface area contributed by atoms with Crippen molar-refractivity contribution >= 4 is 35.2 Å². The molecule has 208 valence electrons. The standard InChI is InChI=1S/C30H26ClF2NO5S/c1-40-13-12-27(30(36)37)34-29(35)24-9-2-18(14-25(24)23-10-7-21(33)15-26(23)31)16-38-17-22-8-11-28(39-22)19-3-5-20(32)6-4-19/h2-11,14-15,27H,12-13,16-17H2,1H3,(H,34,35)(H,36,37)/t27-/m0/s1. The van der Waals surface area contributed by atoms with Gasteiger partial charge in [-0.15, -0.1) is 0 Å². The maximum atomic E-state index is 13.8. The highest BCUT2D eigenvalue weighted by Crippen LogP contribution is 2.32. The first-order valence-corrected chi connectivity index (χ1v) is 14.1. The Bertz CT molecular complexity index is 1490. The zero-order valence-corrected chi connectivity index (χ0v) is 23.0. The van der Waals surface area contributed by atoms with Crippen LogP contribution in [0.25, 0.3) is 22.5 Å². The molecule has 6 nitrogen and oxygen atoms in total. The van der Waals surface area contributed by atoms with Crippen LogP contribution in [-0.4, -0.2) is 35.0 Å². The largest absolute Gasteiger partial charge is 0.480 e. The van der Waals surface area contributed by atoms with E-state index in [0.717, 1.165) is 11.6 Å². The SMILES string of the molecule is CSCC[C@H](NC(=O)c1ccc(COCc2ccc(-c3ccc(F)cc3)o2)cc1-c1ccc(F)cc1Cl)C(=O)O. The van der Waals surface area contributed by atoms with Crippen LogP contribution in [0.3, 0.4) is 0 Å². The van der Waals surface area contributed by atoms with Crippen LogP contribution in [0.1, 0.15) is 28.1 Å². The lowest BCUT2D eigenvalue weighted by Crippen LogP contribution is -2.41. The number of nitrogens with one attached hydrogen (secondary N) is 1. The number of hydrogen-bond acceptors (Lipinski definition) is 5. The first kappa shape index (κ1) is 29.3. The van der Waals surface area contributed by atoms with E-state index in [1.165, 1.54) is 36.0 Å². The summed E-state index contributed by atoms with van der Waals surface area (Å²) in [6, 6.07) is 17.3. The van der Waals surface area contributed by atoms with Gasteiger partial charge in [-0.1, -0.05) is 17.7 Å². The molecule has 0 aliphatic heterocycles. The summed E-state index contributed by atoms with van der Waals surface area (Å²) in [6.07, 6.45) is 2.11. The zero-order chi connectivity index (χ0) is 28.6. The van der Waals surface area contributed by atoms with Gasteiger partial charge in [0.05, 0.1) is 11.6 Å². The highest BCUT2D eigenvalue weighted by molar-refractivity contribution is 7.98. The summed E-state index contributed by atoms with van der Waals surface area (Å²) >= 11 is 7.81. The topological polar surface area (TPSA) is 88.8 Å². The van der Waals surface area contributed by atoms with E-state index in [0.29, 0.717) is 34.0 Å². The third-order valence-corrected chi connectivity index (χ3v) is 7.02. The quantitative estimate of drug-likeness (QED) is 0.183. The van der Waals surface area contributed by atoms with E-state index < -0.39 is 23.7 Å². The van der Waals surface area contributed by atoms with Crippen molar-refractivity contribution in [1.82, 2.24) is 5.32 Å². The molecule has 0 radical (unpaired) electrons. The van der Waals surface area contributed by atoms with Crippen molar-refractivity contribution in [2.45, 2.75) is 25.7 Å². The summed E-state index contributed by atoms with van der Waals surface area (Å²) in [5.41, 5.74) is 2.47. The van der Waals surface area contributed by atoms with E-state index in [1.807, 2.05) is 6.26 Å². The second kappa shape index (κ2) is 13.6. The number of amides is 1. The Hall–Kier alpha value is -3.66. The van der Waals surface area contributed by atoms with Crippen molar-refractivity contribution in [3.8, 4) is 22.5 Å². The van der Waals surface area contributed by atoms with Gasteiger partial charge < -0.3 is 19.6 Å². The van der Waals surface area contributed by atoms with E-state index in [-0.39, 0.29) is 36.0 Å². The highest BCUT2D eigenvalue weighted by Gasteiger charge is 2.23. The molecule has 1 atom stereocenters. The van der Waals surface area contributed by atoms with Crippen LogP contribution in [0, 0.1) is 11.6 Å². The molecule has 0 aliphatic carbocycles. The number of benzene rings is 3. The smallest absolute Gasteiger partial charge is 0.326 e. The van der Waals surface area contributed by atoms with Crippen molar-refractivity contribution in [3.05, 3.63) is 106 Å². The van der Waals surface area contributed by atoms with Gasteiger partial charge in [0.2, 0.25) is 0 Å². The Labute approximate surface area is 239 Å². The summed E-state index contributed by atoms with van der Waals surface area (Å²) < 4.78 is 38.6. The molecule has 0 aliphatic rings. The summed E-state index contributed by atoms with van der Waals surface area (Å²) in [5.74, 6) is -0.858. The number of aliphatic carboxylic acids is 1. The van der Waals surface area contributed by atoms with Gasteiger partial charge in [-0.25, -0.2) is 13.6 Å². The average molecular weight is 586 g/mol. The minimum atomic E-state index is -1.13. The number of ether oxygens (including phenoxy) is 1. The number of carbonyl (C=O) groups is 2. The lowest BCUT2D eigenvalue weighted by Gasteiger charge is -2.17. The molecule has 3 aromatic carbocycles. The number of furan rings is 1. The van der Waals surface area contributed by atoms with E-state index in [1.54, 1.807) is 42.5 Å². The normalized spacial score (nSPS) is 11.8. The van der Waals surface area contributed by atoms with Crippen molar-refractivity contribution in [2.24, 2.45) is 0 Å². The molecule has 0 fully saturated rings. The molecule has 40 heavy (non-hydrogen) atoms.